The lowest BCUT2D eigenvalue weighted by Crippen LogP contribution is -2.61. The Morgan fingerprint density at radius 3 is 2.50 bits per heavy atom. The molecule has 18 heavy (non-hydrogen) atoms. The second kappa shape index (κ2) is 4.61. The van der Waals surface area contributed by atoms with E-state index in [-0.39, 0.29) is 23.5 Å². The Morgan fingerprint density at radius 2 is 2.00 bits per heavy atom. The molecule has 98 valence electrons. The molecular weight excluding hydrogens is 228 g/mol. The third-order valence-electron chi connectivity index (χ3n) is 3.94. The van der Waals surface area contributed by atoms with Crippen molar-refractivity contribution in [2.45, 2.75) is 32.4 Å². The lowest BCUT2D eigenvalue weighted by Gasteiger charge is -2.51. The summed E-state index contributed by atoms with van der Waals surface area (Å²) in [5.41, 5.74) is 6.88. The molecule has 1 aromatic carbocycles. The van der Waals surface area contributed by atoms with Crippen molar-refractivity contribution in [2.24, 2.45) is 5.41 Å². The largest absolute Gasteiger partial charge is 0.399 e. The Kier molecular flexibility index (Phi) is 3.30. The maximum atomic E-state index is 12.0. The van der Waals surface area contributed by atoms with Crippen molar-refractivity contribution in [3.05, 3.63) is 29.8 Å². The Labute approximate surface area is 108 Å². The molecule has 2 unspecified atom stereocenters. The third-order valence-corrected chi connectivity index (χ3v) is 3.94. The maximum Gasteiger partial charge on any atom is 0.251 e. The van der Waals surface area contributed by atoms with Crippen LogP contribution in [0.5, 0.6) is 0 Å². The molecule has 2 rings (SSSR count). The highest BCUT2D eigenvalue weighted by molar-refractivity contribution is 5.94. The molecule has 3 N–H and O–H groups in total. The number of rotatable bonds is 3. The Bertz CT molecular complexity index is 440. The van der Waals surface area contributed by atoms with Gasteiger partial charge in [-0.05, 0) is 30.7 Å². The smallest absolute Gasteiger partial charge is 0.251 e. The minimum Gasteiger partial charge on any atom is -0.399 e. The van der Waals surface area contributed by atoms with Gasteiger partial charge in [0, 0.05) is 29.8 Å². The van der Waals surface area contributed by atoms with Crippen LogP contribution < -0.4 is 11.1 Å². The van der Waals surface area contributed by atoms with Crippen LogP contribution >= 0.6 is 0 Å². The number of methoxy groups -OCH3 is 1. The predicted octanol–water partition coefficient (Wildman–Crippen LogP) is 1.81. The van der Waals surface area contributed by atoms with Gasteiger partial charge in [-0.25, -0.2) is 0 Å². The highest BCUT2D eigenvalue weighted by atomic mass is 16.5. The minimum atomic E-state index is -0.0531. The van der Waals surface area contributed by atoms with E-state index in [0.717, 1.165) is 6.42 Å². The number of ether oxygens (including phenoxy) is 1. The molecule has 1 saturated carbocycles. The summed E-state index contributed by atoms with van der Waals surface area (Å²) < 4.78 is 5.37. The van der Waals surface area contributed by atoms with E-state index >= 15 is 0 Å². The van der Waals surface area contributed by atoms with Crippen LogP contribution in [0.25, 0.3) is 0 Å². The van der Waals surface area contributed by atoms with E-state index in [1.165, 1.54) is 0 Å². The first-order chi connectivity index (χ1) is 8.45. The second-order valence-corrected chi connectivity index (χ2v) is 5.43. The molecule has 0 heterocycles. The molecule has 1 aliphatic carbocycles. The van der Waals surface area contributed by atoms with Crippen LogP contribution in [0.2, 0.25) is 0 Å². The fourth-order valence-corrected chi connectivity index (χ4v) is 2.41. The van der Waals surface area contributed by atoms with E-state index in [9.17, 15) is 4.79 Å². The monoisotopic (exact) mass is 248 g/mol. The Balaban J connectivity index is 1.99. The van der Waals surface area contributed by atoms with Crippen LogP contribution in [0.4, 0.5) is 5.69 Å². The highest BCUT2D eigenvalue weighted by Crippen LogP contribution is 2.42. The van der Waals surface area contributed by atoms with Crippen molar-refractivity contribution < 1.29 is 9.53 Å². The lowest BCUT2D eigenvalue weighted by atomic mass is 9.64. The van der Waals surface area contributed by atoms with Crippen LogP contribution in [0.3, 0.4) is 0 Å². The first kappa shape index (κ1) is 12.9. The summed E-state index contributed by atoms with van der Waals surface area (Å²) >= 11 is 0. The molecule has 0 spiro atoms. The van der Waals surface area contributed by atoms with Crippen molar-refractivity contribution in [3.8, 4) is 0 Å². The SMILES string of the molecule is COC1CC(NC(=O)c2ccc(N)cc2)C1(C)C. The van der Waals surface area contributed by atoms with Crippen molar-refractivity contribution in [3.63, 3.8) is 0 Å². The van der Waals surface area contributed by atoms with Gasteiger partial charge in [-0.3, -0.25) is 4.79 Å². The number of hydrogen-bond donors (Lipinski definition) is 2. The molecular formula is C14H20N2O2. The number of amides is 1. The molecule has 0 aromatic heterocycles. The summed E-state index contributed by atoms with van der Waals surface area (Å²) in [6.07, 6.45) is 1.08. The van der Waals surface area contributed by atoms with Gasteiger partial charge in [0.2, 0.25) is 0 Å². The van der Waals surface area contributed by atoms with Crippen LogP contribution in [0.1, 0.15) is 30.6 Å². The molecule has 1 aliphatic rings. The van der Waals surface area contributed by atoms with Gasteiger partial charge in [0.1, 0.15) is 0 Å². The van der Waals surface area contributed by atoms with Gasteiger partial charge in [-0.2, -0.15) is 0 Å². The molecule has 0 aliphatic heterocycles. The van der Waals surface area contributed by atoms with Crippen molar-refractivity contribution >= 4 is 11.6 Å². The van der Waals surface area contributed by atoms with Crippen LogP contribution in [0, 0.1) is 5.41 Å². The van der Waals surface area contributed by atoms with Gasteiger partial charge in [-0.1, -0.05) is 13.8 Å². The van der Waals surface area contributed by atoms with Gasteiger partial charge >= 0.3 is 0 Å². The molecule has 0 bridgehead atoms. The number of anilines is 1. The van der Waals surface area contributed by atoms with E-state index < -0.39 is 0 Å². The zero-order chi connectivity index (χ0) is 13.3. The Morgan fingerprint density at radius 1 is 1.39 bits per heavy atom. The number of benzene rings is 1. The molecule has 1 amide bonds. The maximum absolute atomic E-state index is 12.0. The highest BCUT2D eigenvalue weighted by Gasteiger charge is 2.49. The van der Waals surface area contributed by atoms with Crippen molar-refractivity contribution in [1.29, 1.82) is 0 Å². The fourth-order valence-electron chi connectivity index (χ4n) is 2.41. The number of nitrogen functional groups attached to an aromatic ring is 1. The average Bonchev–Trinajstić information content (AvgIpc) is 2.34. The van der Waals surface area contributed by atoms with E-state index in [1.807, 2.05) is 0 Å². The summed E-state index contributed by atoms with van der Waals surface area (Å²) in [5.74, 6) is -0.0531. The topological polar surface area (TPSA) is 64.3 Å². The standard InChI is InChI=1S/C14H20N2O2/c1-14(2)11(8-12(14)18-3)16-13(17)9-4-6-10(15)7-5-9/h4-7,11-12H,8,15H2,1-3H3,(H,16,17). The summed E-state index contributed by atoms with van der Waals surface area (Å²) in [5, 5.41) is 3.05. The normalized spacial score (nSPS) is 25.3. The molecule has 2 atom stereocenters. The summed E-state index contributed by atoms with van der Waals surface area (Å²) in [6, 6.07) is 7.11. The predicted molar refractivity (Wildman–Crippen MR) is 71.3 cm³/mol. The third kappa shape index (κ3) is 2.20. The van der Waals surface area contributed by atoms with Gasteiger partial charge in [0.05, 0.1) is 6.10 Å². The zero-order valence-corrected chi connectivity index (χ0v) is 11.1. The van der Waals surface area contributed by atoms with Crippen molar-refractivity contribution in [1.82, 2.24) is 5.32 Å². The summed E-state index contributed by atoms with van der Waals surface area (Å²) in [6.45, 7) is 4.22. The van der Waals surface area contributed by atoms with E-state index in [2.05, 4.69) is 19.2 Å². The molecule has 0 radical (unpaired) electrons. The van der Waals surface area contributed by atoms with Gasteiger partial charge in [-0.15, -0.1) is 0 Å². The number of nitrogens with two attached hydrogens (primary N) is 1. The molecule has 0 saturated heterocycles. The lowest BCUT2D eigenvalue weighted by molar-refractivity contribution is -0.0942. The van der Waals surface area contributed by atoms with E-state index in [0.29, 0.717) is 11.3 Å². The fraction of sp³-hybridized carbons (Fsp3) is 0.500. The average molecular weight is 248 g/mol. The first-order valence-corrected chi connectivity index (χ1v) is 6.14. The van der Waals surface area contributed by atoms with E-state index in [1.54, 1.807) is 31.4 Å². The van der Waals surface area contributed by atoms with Gasteiger partial charge in [0.15, 0.2) is 0 Å². The number of nitrogens with one attached hydrogen (secondary N) is 1. The van der Waals surface area contributed by atoms with E-state index in [4.69, 9.17) is 10.5 Å². The molecule has 1 aromatic rings. The number of hydrogen-bond acceptors (Lipinski definition) is 3. The molecule has 4 nitrogen and oxygen atoms in total. The zero-order valence-electron chi connectivity index (χ0n) is 11.1. The number of carbonyl (C=O) groups excluding carboxylic acids is 1. The van der Waals surface area contributed by atoms with Crippen LogP contribution in [-0.2, 0) is 4.74 Å². The summed E-state index contributed by atoms with van der Waals surface area (Å²) in [4.78, 5) is 12.0. The molecule has 4 heteroatoms. The second-order valence-electron chi connectivity index (χ2n) is 5.43. The summed E-state index contributed by atoms with van der Waals surface area (Å²) in [7, 11) is 1.71. The molecule has 1 fully saturated rings. The van der Waals surface area contributed by atoms with Crippen molar-refractivity contribution in [2.75, 3.05) is 12.8 Å². The quantitative estimate of drug-likeness (QED) is 0.802. The minimum absolute atomic E-state index is 0.0157. The van der Waals surface area contributed by atoms with Gasteiger partial charge < -0.3 is 15.8 Å². The number of carbonyl (C=O) groups is 1. The first-order valence-electron chi connectivity index (χ1n) is 6.14. The van der Waals surface area contributed by atoms with Crippen LogP contribution in [0.15, 0.2) is 24.3 Å². The Hall–Kier alpha value is -1.55. The van der Waals surface area contributed by atoms with Crippen LogP contribution in [-0.4, -0.2) is 25.2 Å². The van der Waals surface area contributed by atoms with Gasteiger partial charge in [0.25, 0.3) is 5.91 Å².